The smallest absolute Gasteiger partial charge is 0.127 e. The number of halogens is 2. The summed E-state index contributed by atoms with van der Waals surface area (Å²) in [6.45, 7) is 3.80. The molecule has 0 fully saturated rings. The molecule has 0 aliphatic carbocycles. The third kappa shape index (κ3) is 2.57. The molecule has 0 radical (unpaired) electrons. The zero-order chi connectivity index (χ0) is 13.3. The SMILES string of the molecule is Cc1ccc(Cl)cc1Nc1cc(F)cc(N)c1C. The van der Waals surface area contributed by atoms with E-state index >= 15 is 0 Å². The van der Waals surface area contributed by atoms with Crippen LogP contribution in [0.3, 0.4) is 0 Å². The summed E-state index contributed by atoms with van der Waals surface area (Å²) in [6, 6.07) is 8.26. The molecule has 0 atom stereocenters. The zero-order valence-electron chi connectivity index (χ0n) is 10.2. The average Bonchev–Trinajstić information content (AvgIpc) is 2.30. The molecule has 0 heterocycles. The van der Waals surface area contributed by atoms with E-state index in [-0.39, 0.29) is 5.82 Å². The molecule has 94 valence electrons. The minimum Gasteiger partial charge on any atom is -0.398 e. The molecule has 0 unspecified atom stereocenters. The van der Waals surface area contributed by atoms with Gasteiger partial charge in [-0.25, -0.2) is 4.39 Å². The first-order valence-corrected chi connectivity index (χ1v) is 5.94. The van der Waals surface area contributed by atoms with Crippen LogP contribution in [0.15, 0.2) is 30.3 Å². The van der Waals surface area contributed by atoms with Gasteiger partial charge >= 0.3 is 0 Å². The average molecular weight is 265 g/mol. The molecular weight excluding hydrogens is 251 g/mol. The topological polar surface area (TPSA) is 38.0 Å². The van der Waals surface area contributed by atoms with Crippen molar-refractivity contribution in [3.8, 4) is 0 Å². The molecule has 0 aliphatic rings. The second kappa shape index (κ2) is 4.86. The fraction of sp³-hybridized carbons (Fsp3) is 0.143. The highest BCUT2D eigenvalue weighted by atomic mass is 35.5. The lowest BCUT2D eigenvalue weighted by atomic mass is 10.1. The van der Waals surface area contributed by atoms with Crippen molar-refractivity contribution in [3.63, 3.8) is 0 Å². The van der Waals surface area contributed by atoms with E-state index < -0.39 is 0 Å². The summed E-state index contributed by atoms with van der Waals surface area (Å²) in [4.78, 5) is 0. The molecule has 0 aliphatic heterocycles. The number of nitrogen functional groups attached to an aromatic ring is 1. The van der Waals surface area contributed by atoms with Crippen molar-refractivity contribution in [2.75, 3.05) is 11.1 Å². The van der Waals surface area contributed by atoms with Crippen LogP contribution in [0.25, 0.3) is 0 Å². The molecular formula is C14H14ClFN2. The van der Waals surface area contributed by atoms with Crippen LogP contribution in [-0.2, 0) is 0 Å². The Labute approximate surface area is 111 Å². The predicted octanol–water partition coefficient (Wildman–Crippen LogP) is 4.42. The third-order valence-electron chi connectivity index (χ3n) is 2.88. The monoisotopic (exact) mass is 264 g/mol. The van der Waals surface area contributed by atoms with E-state index in [1.165, 1.54) is 12.1 Å². The molecule has 0 spiro atoms. The lowest BCUT2D eigenvalue weighted by molar-refractivity contribution is 0.629. The number of nitrogens with two attached hydrogens (primary N) is 1. The largest absolute Gasteiger partial charge is 0.398 e. The molecule has 0 saturated carbocycles. The van der Waals surface area contributed by atoms with Crippen LogP contribution in [0, 0.1) is 19.7 Å². The summed E-state index contributed by atoms with van der Waals surface area (Å²) < 4.78 is 13.3. The zero-order valence-corrected chi connectivity index (χ0v) is 11.0. The first kappa shape index (κ1) is 12.7. The standard InChI is InChI=1S/C14H14ClFN2/c1-8-3-4-10(15)5-13(8)18-14-7-11(16)6-12(17)9(14)2/h3-7,18H,17H2,1-2H3. The maximum Gasteiger partial charge on any atom is 0.127 e. The second-order valence-electron chi connectivity index (χ2n) is 4.25. The summed E-state index contributed by atoms with van der Waals surface area (Å²) >= 11 is 5.95. The normalized spacial score (nSPS) is 10.4. The summed E-state index contributed by atoms with van der Waals surface area (Å²) in [5.41, 5.74) is 9.50. The number of aryl methyl sites for hydroxylation is 1. The van der Waals surface area contributed by atoms with Crippen LogP contribution >= 0.6 is 11.6 Å². The van der Waals surface area contributed by atoms with Crippen molar-refractivity contribution >= 4 is 28.7 Å². The highest BCUT2D eigenvalue weighted by Gasteiger charge is 2.07. The van der Waals surface area contributed by atoms with Gasteiger partial charge in [0.15, 0.2) is 0 Å². The molecule has 0 bridgehead atoms. The predicted molar refractivity (Wildman–Crippen MR) is 75.0 cm³/mol. The van der Waals surface area contributed by atoms with Gasteiger partial charge in [0.1, 0.15) is 5.82 Å². The van der Waals surface area contributed by atoms with Gasteiger partial charge in [-0.3, -0.25) is 0 Å². The maximum absolute atomic E-state index is 13.3. The Bertz CT molecular complexity index is 597. The van der Waals surface area contributed by atoms with Crippen molar-refractivity contribution in [2.24, 2.45) is 0 Å². The van der Waals surface area contributed by atoms with Gasteiger partial charge in [-0.15, -0.1) is 0 Å². The number of nitrogens with one attached hydrogen (secondary N) is 1. The number of hydrogen-bond acceptors (Lipinski definition) is 2. The van der Waals surface area contributed by atoms with Gasteiger partial charge in [0.25, 0.3) is 0 Å². The van der Waals surface area contributed by atoms with E-state index in [0.717, 1.165) is 16.8 Å². The van der Waals surface area contributed by atoms with E-state index in [1.807, 2.05) is 26.0 Å². The molecule has 2 rings (SSSR count). The fourth-order valence-electron chi connectivity index (χ4n) is 1.70. The second-order valence-corrected chi connectivity index (χ2v) is 4.69. The highest BCUT2D eigenvalue weighted by molar-refractivity contribution is 6.30. The van der Waals surface area contributed by atoms with Crippen molar-refractivity contribution in [2.45, 2.75) is 13.8 Å². The molecule has 18 heavy (non-hydrogen) atoms. The number of benzene rings is 2. The first-order valence-electron chi connectivity index (χ1n) is 5.56. The van der Waals surface area contributed by atoms with Crippen LogP contribution in [0.5, 0.6) is 0 Å². The number of hydrogen-bond donors (Lipinski definition) is 2. The van der Waals surface area contributed by atoms with E-state index in [2.05, 4.69) is 5.32 Å². The van der Waals surface area contributed by atoms with Gasteiger partial charge in [-0.2, -0.15) is 0 Å². The van der Waals surface area contributed by atoms with Gasteiger partial charge in [0.05, 0.1) is 0 Å². The third-order valence-corrected chi connectivity index (χ3v) is 3.12. The Kier molecular flexibility index (Phi) is 3.43. The minimum absolute atomic E-state index is 0.361. The molecule has 2 aromatic carbocycles. The summed E-state index contributed by atoms with van der Waals surface area (Å²) in [5, 5.41) is 3.79. The van der Waals surface area contributed by atoms with Crippen LogP contribution in [0.2, 0.25) is 5.02 Å². The summed E-state index contributed by atoms with van der Waals surface area (Å²) in [7, 11) is 0. The van der Waals surface area contributed by atoms with Crippen LogP contribution in [0.1, 0.15) is 11.1 Å². The lowest BCUT2D eigenvalue weighted by Gasteiger charge is -2.14. The number of rotatable bonds is 2. The van der Waals surface area contributed by atoms with E-state index in [1.54, 1.807) is 6.07 Å². The maximum atomic E-state index is 13.3. The molecule has 2 nitrogen and oxygen atoms in total. The molecule has 0 aromatic heterocycles. The van der Waals surface area contributed by atoms with Crippen LogP contribution < -0.4 is 11.1 Å². The van der Waals surface area contributed by atoms with E-state index in [0.29, 0.717) is 16.4 Å². The van der Waals surface area contributed by atoms with E-state index in [9.17, 15) is 4.39 Å². The highest BCUT2D eigenvalue weighted by Crippen LogP contribution is 2.29. The van der Waals surface area contributed by atoms with Gasteiger partial charge in [-0.05, 0) is 49.2 Å². The van der Waals surface area contributed by atoms with Gasteiger partial charge in [0.2, 0.25) is 0 Å². The Morgan fingerprint density at radius 2 is 1.83 bits per heavy atom. The van der Waals surface area contributed by atoms with Crippen molar-refractivity contribution in [1.82, 2.24) is 0 Å². The lowest BCUT2D eigenvalue weighted by Crippen LogP contribution is -1.99. The summed E-state index contributed by atoms with van der Waals surface area (Å²) in [5.74, 6) is -0.361. The van der Waals surface area contributed by atoms with E-state index in [4.69, 9.17) is 17.3 Å². The van der Waals surface area contributed by atoms with Crippen molar-refractivity contribution in [3.05, 3.63) is 52.3 Å². The Balaban J connectivity index is 2.43. The quantitative estimate of drug-likeness (QED) is 0.788. The van der Waals surface area contributed by atoms with Crippen LogP contribution in [0.4, 0.5) is 21.5 Å². The molecule has 3 N–H and O–H groups in total. The van der Waals surface area contributed by atoms with Gasteiger partial charge in [0, 0.05) is 22.1 Å². The fourth-order valence-corrected chi connectivity index (χ4v) is 1.88. The molecule has 0 saturated heterocycles. The van der Waals surface area contributed by atoms with Crippen molar-refractivity contribution in [1.29, 1.82) is 0 Å². The molecule has 4 heteroatoms. The minimum atomic E-state index is -0.361. The first-order chi connectivity index (χ1) is 8.47. The Morgan fingerprint density at radius 1 is 1.11 bits per heavy atom. The van der Waals surface area contributed by atoms with Gasteiger partial charge < -0.3 is 11.1 Å². The van der Waals surface area contributed by atoms with Gasteiger partial charge in [-0.1, -0.05) is 17.7 Å². The summed E-state index contributed by atoms with van der Waals surface area (Å²) in [6.07, 6.45) is 0. The van der Waals surface area contributed by atoms with Crippen molar-refractivity contribution < 1.29 is 4.39 Å². The molecule has 0 amide bonds. The molecule has 2 aromatic rings. The van der Waals surface area contributed by atoms with Crippen LogP contribution in [-0.4, -0.2) is 0 Å². The Hall–Kier alpha value is -1.74. The Morgan fingerprint density at radius 3 is 2.56 bits per heavy atom. The number of anilines is 3.